The lowest BCUT2D eigenvalue weighted by Gasteiger charge is -2.00. The molecule has 0 aliphatic rings. The summed E-state index contributed by atoms with van der Waals surface area (Å²) in [4.78, 5) is 0. The summed E-state index contributed by atoms with van der Waals surface area (Å²) >= 11 is 0. The Bertz CT molecular complexity index is 550. The van der Waals surface area contributed by atoms with Crippen molar-refractivity contribution in [3.05, 3.63) is 30.0 Å². The smallest absolute Gasteiger partial charge is 0.176 e. The molecule has 98 valence electrons. The highest BCUT2D eigenvalue weighted by Gasteiger charge is 2.07. The molecule has 1 atom stereocenters. The van der Waals surface area contributed by atoms with Crippen LogP contribution in [0.4, 0.5) is 0 Å². The SMILES string of the molecule is COc1cccc2cc(CNCCS(C)=O)oc12. The maximum absolute atomic E-state index is 10.9. The van der Waals surface area contributed by atoms with Crippen LogP contribution in [0, 0.1) is 0 Å². The van der Waals surface area contributed by atoms with Crippen LogP contribution in [-0.2, 0) is 17.3 Å². The number of methoxy groups -OCH3 is 1. The van der Waals surface area contributed by atoms with Gasteiger partial charge in [-0.2, -0.15) is 0 Å². The molecular weight excluding hydrogens is 250 g/mol. The highest BCUT2D eigenvalue weighted by molar-refractivity contribution is 7.84. The van der Waals surface area contributed by atoms with Gasteiger partial charge in [-0.05, 0) is 12.1 Å². The van der Waals surface area contributed by atoms with E-state index < -0.39 is 10.8 Å². The van der Waals surface area contributed by atoms with Crippen LogP contribution >= 0.6 is 0 Å². The first kappa shape index (κ1) is 13.1. The highest BCUT2D eigenvalue weighted by Crippen LogP contribution is 2.28. The molecule has 0 saturated heterocycles. The molecule has 0 fully saturated rings. The summed E-state index contributed by atoms with van der Waals surface area (Å²) in [6.45, 7) is 1.35. The van der Waals surface area contributed by atoms with E-state index in [-0.39, 0.29) is 0 Å². The van der Waals surface area contributed by atoms with Gasteiger partial charge < -0.3 is 14.5 Å². The van der Waals surface area contributed by atoms with E-state index in [9.17, 15) is 4.21 Å². The van der Waals surface area contributed by atoms with Gasteiger partial charge in [0, 0.05) is 34.7 Å². The van der Waals surface area contributed by atoms with Crippen molar-refractivity contribution in [3.63, 3.8) is 0 Å². The second kappa shape index (κ2) is 6.02. The molecule has 2 aromatic rings. The molecule has 0 aliphatic carbocycles. The Labute approximate surface area is 109 Å². The van der Waals surface area contributed by atoms with Crippen LogP contribution < -0.4 is 10.1 Å². The summed E-state index contributed by atoms with van der Waals surface area (Å²) < 4.78 is 21.9. The highest BCUT2D eigenvalue weighted by atomic mass is 32.2. The monoisotopic (exact) mass is 267 g/mol. The molecule has 4 nitrogen and oxygen atoms in total. The topological polar surface area (TPSA) is 51.5 Å². The summed E-state index contributed by atoms with van der Waals surface area (Å²) in [5.74, 6) is 2.26. The van der Waals surface area contributed by atoms with Crippen molar-refractivity contribution in [2.75, 3.05) is 25.7 Å². The van der Waals surface area contributed by atoms with Crippen LogP contribution in [0.5, 0.6) is 5.75 Å². The summed E-state index contributed by atoms with van der Waals surface area (Å²) in [7, 11) is 0.874. The van der Waals surface area contributed by atoms with Gasteiger partial charge in [0.15, 0.2) is 11.3 Å². The van der Waals surface area contributed by atoms with E-state index in [4.69, 9.17) is 9.15 Å². The molecule has 0 radical (unpaired) electrons. The van der Waals surface area contributed by atoms with Crippen LogP contribution in [0.1, 0.15) is 5.76 Å². The van der Waals surface area contributed by atoms with Gasteiger partial charge in [-0.25, -0.2) is 0 Å². The molecular formula is C13H17NO3S. The van der Waals surface area contributed by atoms with Crippen molar-refractivity contribution in [3.8, 4) is 5.75 Å². The lowest BCUT2D eigenvalue weighted by Crippen LogP contribution is -2.19. The van der Waals surface area contributed by atoms with Crippen molar-refractivity contribution in [2.45, 2.75) is 6.54 Å². The van der Waals surface area contributed by atoms with Gasteiger partial charge in [-0.15, -0.1) is 0 Å². The Morgan fingerprint density at radius 1 is 1.44 bits per heavy atom. The Hall–Kier alpha value is -1.33. The number of hydrogen-bond acceptors (Lipinski definition) is 4. The quantitative estimate of drug-likeness (QED) is 0.812. The van der Waals surface area contributed by atoms with Crippen molar-refractivity contribution in [2.24, 2.45) is 0 Å². The molecule has 0 bridgehead atoms. The summed E-state index contributed by atoms with van der Waals surface area (Å²) in [6, 6.07) is 7.80. The molecule has 5 heteroatoms. The third-order valence-corrected chi connectivity index (χ3v) is 3.42. The third kappa shape index (κ3) is 3.11. The molecule has 1 aromatic carbocycles. The zero-order valence-corrected chi connectivity index (χ0v) is 11.4. The van der Waals surface area contributed by atoms with Crippen molar-refractivity contribution < 1.29 is 13.4 Å². The Kier molecular flexibility index (Phi) is 4.38. The summed E-state index contributed by atoms with van der Waals surface area (Å²) in [6.07, 6.45) is 1.70. The zero-order chi connectivity index (χ0) is 13.0. The predicted molar refractivity (Wildman–Crippen MR) is 73.4 cm³/mol. The molecule has 1 N–H and O–H groups in total. The summed E-state index contributed by atoms with van der Waals surface area (Å²) in [5.41, 5.74) is 0.774. The summed E-state index contributed by atoms with van der Waals surface area (Å²) in [5, 5.41) is 4.24. The number of nitrogens with one attached hydrogen (secondary N) is 1. The van der Waals surface area contributed by atoms with Crippen molar-refractivity contribution >= 4 is 21.8 Å². The molecule has 1 aromatic heterocycles. The third-order valence-electron chi connectivity index (χ3n) is 2.64. The average molecular weight is 267 g/mol. The van der Waals surface area contributed by atoms with Gasteiger partial charge >= 0.3 is 0 Å². The maximum atomic E-state index is 10.9. The maximum Gasteiger partial charge on any atom is 0.176 e. The number of hydrogen-bond donors (Lipinski definition) is 1. The molecule has 0 spiro atoms. The fourth-order valence-electron chi connectivity index (χ4n) is 1.77. The lowest BCUT2D eigenvalue weighted by atomic mass is 10.2. The van der Waals surface area contributed by atoms with Crippen molar-refractivity contribution in [1.82, 2.24) is 5.32 Å². The number of ether oxygens (including phenoxy) is 1. The van der Waals surface area contributed by atoms with E-state index in [0.717, 1.165) is 29.0 Å². The zero-order valence-electron chi connectivity index (χ0n) is 10.6. The van der Waals surface area contributed by atoms with Gasteiger partial charge in [-0.1, -0.05) is 12.1 Å². The molecule has 0 saturated carbocycles. The number of rotatable bonds is 6. The minimum Gasteiger partial charge on any atom is -0.493 e. The molecule has 0 aliphatic heterocycles. The number of para-hydroxylation sites is 1. The first-order valence-corrected chi connectivity index (χ1v) is 7.49. The number of furan rings is 1. The fourth-order valence-corrected chi connectivity index (χ4v) is 2.20. The van der Waals surface area contributed by atoms with E-state index in [1.807, 2.05) is 24.3 Å². The van der Waals surface area contributed by atoms with Crippen molar-refractivity contribution in [1.29, 1.82) is 0 Å². The second-order valence-corrected chi connectivity index (χ2v) is 5.60. The molecule has 0 amide bonds. The van der Waals surface area contributed by atoms with E-state index in [2.05, 4.69) is 5.32 Å². The van der Waals surface area contributed by atoms with Gasteiger partial charge in [0.25, 0.3) is 0 Å². The molecule has 1 heterocycles. The fraction of sp³-hybridized carbons (Fsp3) is 0.385. The lowest BCUT2D eigenvalue weighted by molar-refractivity contribution is 0.406. The standard InChI is InChI=1S/C13H17NO3S/c1-16-12-5-3-4-10-8-11(17-13(10)12)9-14-6-7-18(2)15/h3-5,8,14H,6-7,9H2,1-2H3. The van der Waals surface area contributed by atoms with Gasteiger partial charge in [-0.3, -0.25) is 4.21 Å². The Balaban J connectivity index is 2.04. The van der Waals surface area contributed by atoms with Gasteiger partial charge in [0.05, 0.1) is 13.7 Å². The number of benzene rings is 1. The largest absolute Gasteiger partial charge is 0.493 e. The number of fused-ring (bicyclic) bond motifs is 1. The normalized spacial score (nSPS) is 12.8. The molecule has 18 heavy (non-hydrogen) atoms. The van der Waals surface area contributed by atoms with Gasteiger partial charge in [0.2, 0.25) is 0 Å². The molecule has 2 rings (SSSR count). The minimum absolute atomic E-state index is 0.634. The first-order chi connectivity index (χ1) is 8.70. The predicted octanol–water partition coefficient (Wildman–Crippen LogP) is 1.91. The van der Waals surface area contributed by atoms with Crippen LogP contribution in [0.2, 0.25) is 0 Å². The van der Waals surface area contributed by atoms with Crippen LogP contribution in [0.3, 0.4) is 0 Å². The average Bonchev–Trinajstić information content (AvgIpc) is 2.76. The van der Waals surface area contributed by atoms with E-state index in [0.29, 0.717) is 12.3 Å². The molecule has 1 unspecified atom stereocenters. The van der Waals surface area contributed by atoms with Crippen LogP contribution in [0.15, 0.2) is 28.7 Å². The second-order valence-electron chi connectivity index (χ2n) is 4.05. The first-order valence-electron chi connectivity index (χ1n) is 5.77. The van der Waals surface area contributed by atoms with Crippen LogP contribution in [-0.4, -0.2) is 29.9 Å². The minimum atomic E-state index is -0.756. The van der Waals surface area contributed by atoms with E-state index in [1.54, 1.807) is 13.4 Å². The van der Waals surface area contributed by atoms with E-state index >= 15 is 0 Å². The van der Waals surface area contributed by atoms with Gasteiger partial charge in [0.1, 0.15) is 5.76 Å². The van der Waals surface area contributed by atoms with Crippen LogP contribution in [0.25, 0.3) is 11.0 Å². The van der Waals surface area contributed by atoms with E-state index in [1.165, 1.54) is 0 Å². The Morgan fingerprint density at radius 3 is 3.00 bits per heavy atom. The Morgan fingerprint density at radius 2 is 2.28 bits per heavy atom.